The quantitative estimate of drug-likeness (QED) is 0.255. The van der Waals surface area contributed by atoms with Crippen molar-refractivity contribution in [1.29, 1.82) is 0 Å². The summed E-state index contributed by atoms with van der Waals surface area (Å²) in [4.78, 5) is 14.9. The van der Waals surface area contributed by atoms with Gasteiger partial charge in [0.05, 0.1) is 0 Å². The van der Waals surface area contributed by atoms with Gasteiger partial charge in [-0.2, -0.15) is 0 Å². The first kappa shape index (κ1) is 22.8. The van der Waals surface area contributed by atoms with E-state index >= 15 is 0 Å². The Balaban J connectivity index is 1.47. The van der Waals surface area contributed by atoms with Gasteiger partial charge in [-0.3, -0.25) is 0 Å². The molecule has 0 radical (unpaired) electrons. The fourth-order valence-corrected chi connectivity index (χ4v) is 4.67. The van der Waals surface area contributed by atoms with Gasteiger partial charge in [-0.05, 0) is 54.2 Å². The van der Waals surface area contributed by atoms with Crippen molar-refractivity contribution >= 4 is 11.1 Å². The van der Waals surface area contributed by atoms with Crippen molar-refractivity contribution in [3.8, 4) is 33.9 Å². The fraction of sp³-hybridized carbons (Fsp3) is 0.0882. The van der Waals surface area contributed by atoms with Crippen molar-refractivity contribution in [1.82, 2.24) is 15.0 Å². The molecule has 0 bridgehead atoms. The van der Waals surface area contributed by atoms with Crippen LogP contribution in [-0.4, -0.2) is 15.0 Å². The molecule has 0 amide bonds. The van der Waals surface area contributed by atoms with Gasteiger partial charge in [-0.25, -0.2) is 15.0 Å². The van der Waals surface area contributed by atoms with Crippen molar-refractivity contribution < 1.29 is 0 Å². The van der Waals surface area contributed by atoms with E-state index in [4.69, 9.17) is 15.0 Å². The lowest BCUT2D eigenvalue weighted by Gasteiger charge is -2.15. The van der Waals surface area contributed by atoms with Gasteiger partial charge in [-0.1, -0.05) is 115 Å². The van der Waals surface area contributed by atoms with Crippen molar-refractivity contribution in [2.24, 2.45) is 0 Å². The summed E-state index contributed by atoms with van der Waals surface area (Å²) >= 11 is 0. The molecule has 0 atom stereocenters. The van der Waals surface area contributed by atoms with Crippen LogP contribution in [0.5, 0.6) is 0 Å². The fourth-order valence-electron chi connectivity index (χ4n) is 4.67. The average molecular weight is 478 g/mol. The van der Waals surface area contributed by atoms with Crippen molar-refractivity contribution in [3.63, 3.8) is 0 Å². The highest BCUT2D eigenvalue weighted by atomic mass is 15.0. The molecule has 0 spiro atoms. The van der Waals surface area contributed by atoms with Gasteiger partial charge < -0.3 is 0 Å². The maximum Gasteiger partial charge on any atom is 0.164 e. The van der Waals surface area contributed by atoms with Crippen LogP contribution in [-0.2, 0) is 0 Å². The number of aromatic nitrogens is 3. The lowest BCUT2D eigenvalue weighted by Crippen LogP contribution is -2.04. The molecule has 1 aliphatic carbocycles. The standard InChI is InChI=1S/C34H27N3/c1-24-18-20-27(21-19-24)32-35-33(30-16-8-14-28(22-30)25-10-4-2-5-11-25)37-34(36-32)31-17-9-15-29(23-31)26-12-6-3-7-13-26/h2-8,10-14,16-23H,9,15H2,1H3. The Labute approximate surface area is 217 Å². The molecule has 0 N–H and O–H groups in total. The smallest absolute Gasteiger partial charge is 0.164 e. The average Bonchev–Trinajstić information content (AvgIpc) is 2.98. The number of rotatable bonds is 5. The molecule has 0 saturated carbocycles. The van der Waals surface area contributed by atoms with Crippen LogP contribution in [0.4, 0.5) is 0 Å². The van der Waals surface area contributed by atoms with Crippen LogP contribution < -0.4 is 0 Å². The summed E-state index contributed by atoms with van der Waals surface area (Å²) in [5, 5.41) is 0. The number of benzene rings is 4. The Bertz CT molecular complexity index is 1600. The minimum absolute atomic E-state index is 0.680. The summed E-state index contributed by atoms with van der Waals surface area (Å²) in [7, 11) is 0. The Kier molecular flexibility index (Phi) is 6.26. The molecular weight excluding hydrogens is 450 g/mol. The van der Waals surface area contributed by atoms with Crippen LogP contribution in [0.1, 0.15) is 29.8 Å². The number of nitrogens with zero attached hydrogens (tertiary/aromatic N) is 3. The van der Waals surface area contributed by atoms with Gasteiger partial charge >= 0.3 is 0 Å². The third kappa shape index (κ3) is 5.03. The SMILES string of the molecule is Cc1ccc(-c2nc(C3=CCCC(c4ccccc4)=C3)nc(-c3cccc(-c4ccccc4)c3)n2)cc1. The molecule has 3 heteroatoms. The molecule has 0 aliphatic heterocycles. The van der Waals surface area contributed by atoms with Crippen molar-refractivity contribution in [2.45, 2.75) is 19.8 Å². The third-order valence-electron chi connectivity index (χ3n) is 6.68. The largest absolute Gasteiger partial charge is 0.208 e. The van der Waals surface area contributed by atoms with Gasteiger partial charge in [0.25, 0.3) is 0 Å². The molecule has 37 heavy (non-hydrogen) atoms. The van der Waals surface area contributed by atoms with Gasteiger partial charge in [0.2, 0.25) is 0 Å². The van der Waals surface area contributed by atoms with Crippen LogP contribution in [0.2, 0.25) is 0 Å². The summed E-state index contributed by atoms with van der Waals surface area (Å²) in [5.41, 5.74) is 9.07. The van der Waals surface area contributed by atoms with E-state index in [2.05, 4.69) is 122 Å². The molecule has 0 saturated heterocycles. The minimum Gasteiger partial charge on any atom is -0.208 e. The number of hydrogen-bond acceptors (Lipinski definition) is 3. The minimum atomic E-state index is 0.680. The molecule has 5 aromatic rings. The zero-order valence-corrected chi connectivity index (χ0v) is 20.8. The molecule has 1 heterocycles. The van der Waals surface area contributed by atoms with E-state index in [9.17, 15) is 0 Å². The second-order valence-corrected chi connectivity index (χ2v) is 9.35. The van der Waals surface area contributed by atoms with Crippen LogP contribution in [0.25, 0.3) is 45.0 Å². The van der Waals surface area contributed by atoms with Gasteiger partial charge in [0, 0.05) is 16.7 Å². The second kappa shape index (κ2) is 10.2. The van der Waals surface area contributed by atoms with E-state index in [1.807, 2.05) is 6.07 Å². The summed E-state index contributed by atoms with van der Waals surface area (Å²) in [6.45, 7) is 2.09. The van der Waals surface area contributed by atoms with E-state index < -0.39 is 0 Å². The molecule has 0 fully saturated rings. The number of aryl methyl sites for hydroxylation is 1. The lowest BCUT2D eigenvalue weighted by molar-refractivity contribution is 1.01. The maximum atomic E-state index is 5.00. The summed E-state index contributed by atoms with van der Waals surface area (Å²) in [6.07, 6.45) is 6.44. The summed E-state index contributed by atoms with van der Waals surface area (Å²) in [5.74, 6) is 2.07. The molecule has 4 aromatic carbocycles. The Morgan fingerprint density at radius 3 is 1.84 bits per heavy atom. The van der Waals surface area contributed by atoms with Gasteiger partial charge in [-0.15, -0.1) is 0 Å². The molecule has 1 aliphatic rings. The number of allylic oxidation sites excluding steroid dienone is 4. The normalized spacial score (nSPS) is 13.1. The molecule has 0 unspecified atom stereocenters. The van der Waals surface area contributed by atoms with E-state index in [0.717, 1.165) is 35.1 Å². The molecular formula is C34H27N3. The van der Waals surface area contributed by atoms with Crippen LogP contribution >= 0.6 is 0 Å². The monoisotopic (exact) mass is 477 g/mol. The van der Waals surface area contributed by atoms with Crippen molar-refractivity contribution in [2.75, 3.05) is 0 Å². The van der Waals surface area contributed by atoms with E-state index in [1.165, 1.54) is 22.3 Å². The predicted octanol–water partition coefficient (Wildman–Crippen LogP) is 8.44. The first-order chi connectivity index (χ1) is 18.2. The lowest BCUT2D eigenvalue weighted by atomic mass is 9.93. The molecule has 1 aromatic heterocycles. The topological polar surface area (TPSA) is 38.7 Å². The molecule has 6 rings (SSSR count). The van der Waals surface area contributed by atoms with Crippen LogP contribution in [0.3, 0.4) is 0 Å². The van der Waals surface area contributed by atoms with Crippen molar-refractivity contribution in [3.05, 3.63) is 138 Å². The zero-order valence-electron chi connectivity index (χ0n) is 20.8. The summed E-state index contributed by atoms with van der Waals surface area (Å²) in [6, 6.07) is 37.8. The highest BCUT2D eigenvalue weighted by Crippen LogP contribution is 2.32. The second-order valence-electron chi connectivity index (χ2n) is 9.35. The predicted molar refractivity (Wildman–Crippen MR) is 153 cm³/mol. The van der Waals surface area contributed by atoms with Crippen LogP contribution in [0.15, 0.2) is 121 Å². The van der Waals surface area contributed by atoms with Gasteiger partial charge in [0.1, 0.15) is 0 Å². The highest BCUT2D eigenvalue weighted by molar-refractivity contribution is 5.84. The highest BCUT2D eigenvalue weighted by Gasteiger charge is 2.16. The Hall–Kier alpha value is -4.63. The number of hydrogen-bond donors (Lipinski definition) is 0. The zero-order chi connectivity index (χ0) is 25.0. The maximum absolute atomic E-state index is 5.00. The first-order valence-electron chi connectivity index (χ1n) is 12.7. The van der Waals surface area contributed by atoms with E-state index in [-0.39, 0.29) is 0 Å². The Morgan fingerprint density at radius 1 is 0.514 bits per heavy atom. The van der Waals surface area contributed by atoms with E-state index in [1.54, 1.807) is 0 Å². The van der Waals surface area contributed by atoms with E-state index in [0.29, 0.717) is 17.5 Å². The first-order valence-corrected chi connectivity index (χ1v) is 12.7. The summed E-state index contributed by atoms with van der Waals surface area (Å²) < 4.78 is 0. The molecule has 178 valence electrons. The van der Waals surface area contributed by atoms with Crippen LogP contribution in [0, 0.1) is 6.92 Å². The third-order valence-corrected chi connectivity index (χ3v) is 6.68. The van der Waals surface area contributed by atoms with Gasteiger partial charge in [0.15, 0.2) is 17.5 Å². The molecule has 3 nitrogen and oxygen atoms in total. The Morgan fingerprint density at radius 2 is 1.11 bits per heavy atom.